The molecule has 0 unspecified atom stereocenters. The van der Waals surface area contributed by atoms with E-state index >= 15 is 0 Å². The second kappa shape index (κ2) is 9.25. The van der Waals surface area contributed by atoms with Crippen LogP contribution in [0.25, 0.3) is 0 Å². The van der Waals surface area contributed by atoms with Gasteiger partial charge in [-0.25, -0.2) is 4.79 Å². The van der Waals surface area contributed by atoms with Crippen LogP contribution in [0.3, 0.4) is 0 Å². The van der Waals surface area contributed by atoms with Crippen molar-refractivity contribution in [1.29, 1.82) is 0 Å². The van der Waals surface area contributed by atoms with E-state index in [1.807, 2.05) is 23.8 Å². The third-order valence-electron chi connectivity index (χ3n) is 5.64. The molecule has 24 heavy (non-hydrogen) atoms. The third kappa shape index (κ3) is 5.36. The van der Waals surface area contributed by atoms with Crippen LogP contribution < -0.4 is 5.32 Å². The minimum absolute atomic E-state index is 0.0327. The summed E-state index contributed by atoms with van der Waals surface area (Å²) in [5.41, 5.74) is 0. The van der Waals surface area contributed by atoms with Crippen molar-refractivity contribution in [1.82, 2.24) is 15.1 Å². The molecule has 2 amide bonds. The SMILES string of the molecule is CCN(CC(=O)O)C1CC(NC(=O)N(C)C2CCCCCCC2)C1. The van der Waals surface area contributed by atoms with Crippen LogP contribution in [0.15, 0.2) is 0 Å². The molecule has 0 aliphatic heterocycles. The van der Waals surface area contributed by atoms with E-state index in [1.165, 1.54) is 32.1 Å². The summed E-state index contributed by atoms with van der Waals surface area (Å²) in [6.07, 6.45) is 10.3. The van der Waals surface area contributed by atoms with Crippen LogP contribution in [0.4, 0.5) is 4.79 Å². The van der Waals surface area contributed by atoms with Crippen molar-refractivity contribution in [2.24, 2.45) is 0 Å². The highest BCUT2D eigenvalue weighted by atomic mass is 16.4. The molecule has 2 aliphatic carbocycles. The van der Waals surface area contributed by atoms with Crippen LogP contribution in [-0.2, 0) is 4.79 Å². The van der Waals surface area contributed by atoms with E-state index in [4.69, 9.17) is 5.11 Å². The molecular weight excluding hydrogens is 306 g/mol. The van der Waals surface area contributed by atoms with Gasteiger partial charge in [0.2, 0.25) is 0 Å². The molecule has 0 aromatic carbocycles. The Morgan fingerprint density at radius 2 is 1.62 bits per heavy atom. The monoisotopic (exact) mass is 339 g/mol. The second-order valence-corrected chi connectivity index (χ2v) is 7.34. The van der Waals surface area contributed by atoms with Crippen LogP contribution in [0, 0.1) is 0 Å². The number of likely N-dealkylation sites (N-methyl/N-ethyl adjacent to an activating group) is 1. The second-order valence-electron chi connectivity index (χ2n) is 7.34. The molecule has 0 radical (unpaired) electrons. The molecule has 138 valence electrons. The van der Waals surface area contributed by atoms with E-state index in [-0.39, 0.29) is 24.7 Å². The summed E-state index contributed by atoms with van der Waals surface area (Å²) < 4.78 is 0. The highest BCUT2D eigenvalue weighted by Gasteiger charge is 2.35. The lowest BCUT2D eigenvalue weighted by molar-refractivity contribution is -0.139. The van der Waals surface area contributed by atoms with Gasteiger partial charge in [0.1, 0.15) is 0 Å². The van der Waals surface area contributed by atoms with Crippen molar-refractivity contribution in [2.75, 3.05) is 20.1 Å². The fraction of sp³-hybridized carbons (Fsp3) is 0.889. The smallest absolute Gasteiger partial charge is 0.317 e. The van der Waals surface area contributed by atoms with E-state index in [1.54, 1.807) is 0 Å². The molecule has 0 spiro atoms. The lowest BCUT2D eigenvalue weighted by atomic mass is 9.85. The number of rotatable bonds is 6. The molecule has 0 heterocycles. The van der Waals surface area contributed by atoms with Gasteiger partial charge in [0.15, 0.2) is 0 Å². The lowest BCUT2D eigenvalue weighted by Crippen LogP contribution is -2.57. The molecule has 2 aliphatic rings. The van der Waals surface area contributed by atoms with Crippen molar-refractivity contribution in [3.8, 4) is 0 Å². The molecule has 2 rings (SSSR count). The highest BCUT2D eigenvalue weighted by molar-refractivity contribution is 5.74. The lowest BCUT2D eigenvalue weighted by Gasteiger charge is -2.43. The molecule has 0 aromatic heterocycles. The number of aliphatic carboxylic acids is 1. The van der Waals surface area contributed by atoms with E-state index in [2.05, 4.69) is 5.32 Å². The fourth-order valence-corrected chi connectivity index (χ4v) is 3.94. The minimum atomic E-state index is -0.784. The molecule has 2 N–H and O–H groups in total. The summed E-state index contributed by atoms with van der Waals surface area (Å²) >= 11 is 0. The molecular formula is C18H33N3O3. The quantitative estimate of drug-likeness (QED) is 0.780. The van der Waals surface area contributed by atoms with E-state index in [0.29, 0.717) is 6.04 Å². The van der Waals surface area contributed by atoms with Gasteiger partial charge in [0, 0.05) is 25.2 Å². The Morgan fingerprint density at radius 1 is 1.04 bits per heavy atom. The molecule has 0 aromatic rings. The predicted octanol–water partition coefficient (Wildman–Crippen LogP) is 2.68. The molecule has 6 heteroatoms. The Hall–Kier alpha value is -1.30. The Kier molecular flexibility index (Phi) is 7.34. The molecule has 2 fully saturated rings. The number of carbonyl (C=O) groups is 2. The van der Waals surface area contributed by atoms with Crippen molar-refractivity contribution in [3.63, 3.8) is 0 Å². The van der Waals surface area contributed by atoms with Gasteiger partial charge < -0.3 is 15.3 Å². The van der Waals surface area contributed by atoms with Crippen molar-refractivity contribution in [2.45, 2.75) is 82.8 Å². The summed E-state index contributed by atoms with van der Waals surface area (Å²) in [5, 5.41) is 12.1. The number of carboxylic acid groups (broad SMARTS) is 1. The molecule has 0 saturated heterocycles. The predicted molar refractivity (Wildman–Crippen MR) is 94.1 cm³/mol. The van der Waals surface area contributed by atoms with Gasteiger partial charge in [-0.1, -0.05) is 39.0 Å². The first-order valence-electron chi connectivity index (χ1n) is 9.50. The van der Waals surface area contributed by atoms with E-state index in [0.717, 1.165) is 32.2 Å². The van der Waals surface area contributed by atoms with Gasteiger partial charge in [-0.3, -0.25) is 9.69 Å². The number of hydrogen-bond donors (Lipinski definition) is 2. The summed E-state index contributed by atoms with van der Waals surface area (Å²) in [6.45, 7) is 2.81. The van der Waals surface area contributed by atoms with Crippen molar-refractivity contribution < 1.29 is 14.7 Å². The number of nitrogens with one attached hydrogen (secondary N) is 1. The van der Waals surface area contributed by atoms with Gasteiger partial charge in [-0.05, 0) is 32.2 Å². The molecule has 6 nitrogen and oxygen atoms in total. The number of hydrogen-bond acceptors (Lipinski definition) is 3. The third-order valence-corrected chi connectivity index (χ3v) is 5.64. The zero-order valence-electron chi connectivity index (χ0n) is 15.2. The van der Waals surface area contributed by atoms with Gasteiger partial charge in [0.25, 0.3) is 0 Å². The van der Waals surface area contributed by atoms with Crippen LogP contribution in [0.1, 0.15) is 64.7 Å². The summed E-state index contributed by atoms with van der Waals surface area (Å²) in [5.74, 6) is -0.784. The topological polar surface area (TPSA) is 72.9 Å². The first-order valence-corrected chi connectivity index (χ1v) is 9.50. The van der Waals surface area contributed by atoms with Crippen molar-refractivity contribution in [3.05, 3.63) is 0 Å². The van der Waals surface area contributed by atoms with Crippen LogP contribution in [-0.4, -0.2) is 65.2 Å². The van der Waals surface area contributed by atoms with Gasteiger partial charge in [0.05, 0.1) is 6.54 Å². The zero-order chi connectivity index (χ0) is 17.5. The standard InChI is InChI=1S/C18H33N3O3/c1-3-21(13-17(22)23)16-11-14(12-16)19-18(24)20(2)15-9-7-5-4-6-8-10-15/h14-16H,3-13H2,1-2H3,(H,19,24)(H,22,23). The summed E-state index contributed by atoms with van der Waals surface area (Å²) in [4.78, 5) is 27.2. The number of nitrogens with zero attached hydrogens (tertiary/aromatic N) is 2. The van der Waals surface area contributed by atoms with Gasteiger partial charge in [-0.15, -0.1) is 0 Å². The van der Waals surface area contributed by atoms with E-state index in [9.17, 15) is 9.59 Å². The number of carbonyl (C=O) groups excluding carboxylic acids is 1. The molecule has 0 atom stereocenters. The van der Waals surface area contributed by atoms with Gasteiger partial charge in [-0.2, -0.15) is 0 Å². The zero-order valence-corrected chi connectivity index (χ0v) is 15.2. The number of urea groups is 1. The first-order chi connectivity index (χ1) is 11.5. The Balaban J connectivity index is 1.73. The van der Waals surface area contributed by atoms with E-state index < -0.39 is 5.97 Å². The number of amides is 2. The molecule has 2 saturated carbocycles. The Morgan fingerprint density at radius 3 is 2.17 bits per heavy atom. The number of carboxylic acids is 1. The van der Waals surface area contributed by atoms with Crippen LogP contribution in [0.2, 0.25) is 0 Å². The normalized spacial score (nSPS) is 25.5. The largest absolute Gasteiger partial charge is 0.480 e. The average molecular weight is 339 g/mol. The summed E-state index contributed by atoms with van der Waals surface area (Å²) in [6, 6.07) is 0.857. The Bertz CT molecular complexity index is 416. The maximum atomic E-state index is 12.5. The maximum Gasteiger partial charge on any atom is 0.317 e. The van der Waals surface area contributed by atoms with Crippen LogP contribution in [0.5, 0.6) is 0 Å². The average Bonchev–Trinajstić information content (AvgIpc) is 2.47. The first kappa shape index (κ1) is 19.0. The minimum Gasteiger partial charge on any atom is -0.480 e. The highest BCUT2D eigenvalue weighted by Crippen LogP contribution is 2.26. The van der Waals surface area contributed by atoms with Gasteiger partial charge >= 0.3 is 12.0 Å². The molecule has 0 bridgehead atoms. The summed E-state index contributed by atoms with van der Waals surface area (Å²) in [7, 11) is 1.92. The maximum absolute atomic E-state index is 12.5. The van der Waals surface area contributed by atoms with Crippen molar-refractivity contribution >= 4 is 12.0 Å². The Labute approximate surface area is 145 Å². The fourth-order valence-electron chi connectivity index (χ4n) is 3.94. The van der Waals surface area contributed by atoms with Crippen LogP contribution >= 0.6 is 0 Å².